The monoisotopic (exact) mass is 310 g/mol. The van der Waals surface area contributed by atoms with E-state index in [9.17, 15) is 9.50 Å². The molecule has 5 heteroatoms. The van der Waals surface area contributed by atoms with Crippen molar-refractivity contribution in [2.45, 2.75) is 0 Å². The van der Waals surface area contributed by atoms with E-state index in [0.29, 0.717) is 0 Å². The second-order valence-corrected chi connectivity index (χ2v) is 5.71. The van der Waals surface area contributed by atoms with Crippen LogP contribution in [0.4, 0.5) is 4.39 Å². The molecule has 0 aliphatic carbocycles. The van der Waals surface area contributed by atoms with Crippen molar-refractivity contribution >= 4 is 22.4 Å². The molecule has 0 saturated heterocycles. The number of hydrogen-bond donors (Lipinski definition) is 1. The second kappa shape index (κ2) is 4.96. The van der Waals surface area contributed by atoms with Crippen LogP contribution in [0.25, 0.3) is 28.1 Å². The number of nitrogens with zero attached hydrogens (tertiary/aromatic N) is 2. The number of aromatic nitrogens is 2. The normalized spacial score (nSPS) is 11.1. The number of benzene rings is 2. The van der Waals surface area contributed by atoms with E-state index in [1.54, 1.807) is 41.7 Å². The lowest BCUT2D eigenvalue weighted by atomic mass is 10.2. The highest BCUT2D eigenvalue weighted by Gasteiger charge is 2.15. The molecule has 2 heterocycles. The number of phenolic OH excluding ortho intramolecular Hbond substituents is 1. The zero-order chi connectivity index (χ0) is 15.1. The number of fused-ring (bicyclic) bond motifs is 1. The molecule has 0 aliphatic heterocycles. The van der Waals surface area contributed by atoms with Crippen molar-refractivity contribution in [3.05, 3.63) is 65.1 Å². The zero-order valence-electron chi connectivity index (χ0n) is 11.4. The van der Waals surface area contributed by atoms with Gasteiger partial charge >= 0.3 is 0 Å². The summed E-state index contributed by atoms with van der Waals surface area (Å²) in [7, 11) is 0. The summed E-state index contributed by atoms with van der Waals surface area (Å²) in [5, 5.41) is 13.8. The fourth-order valence-electron chi connectivity index (χ4n) is 2.50. The summed E-state index contributed by atoms with van der Waals surface area (Å²) in [6.45, 7) is 0. The summed E-state index contributed by atoms with van der Waals surface area (Å²) in [5.74, 6) is 0.661. The van der Waals surface area contributed by atoms with Gasteiger partial charge in [0.05, 0.1) is 11.0 Å². The van der Waals surface area contributed by atoms with Crippen molar-refractivity contribution in [1.82, 2.24) is 9.55 Å². The third-order valence-electron chi connectivity index (χ3n) is 3.50. The molecule has 4 rings (SSSR count). The van der Waals surface area contributed by atoms with Crippen molar-refractivity contribution in [3.63, 3.8) is 0 Å². The van der Waals surface area contributed by atoms with Gasteiger partial charge in [0.25, 0.3) is 0 Å². The van der Waals surface area contributed by atoms with E-state index in [1.165, 1.54) is 12.1 Å². The molecule has 2 aromatic heterocycles. The molecule has 0 bridgehead atoms. The first-order valence-electron chi connectivity index (χ1n) is 6.72. The Bertz CT molecular complexity index is 943. The van der Waals surface area contributed by atoms with Crippen LogP contribution in [0.2, 0.25) is 0 Å². The lowest BCUT2D eigenvalue weighted by Gasteiger charge is -2.08. The maximum absolute atomic E-state index is 13.2. The largest absolute Gasteiger partial charge is 0.508 e. The van der Waals surface area contributed by atoms with Gasteiger partial charge in [-0.15, -0.1) is 0 Å². The SMILES string of the molecule is Oc1ccc2nc(-c3ccsc3)n(-c3ccc(F)cc3)c2c1. The van der Waals surface area contributed by atoms with Crippen LogP contribution >= 0.6 is 11.3 Å². The van der Waals surface area contributed by atoms with Crippen LogP contribution in [-0.2, 0) is 0 Å². The summed E-state index contributed by atoms with van der Waals surface area (Å²) < 4.78 is 15.1. The number of halogens is 1. The first-order valence-corrected chi connectivity index (χ1v) is 7.66. The van der Waals surface area contributed by atoms with Crippen LogP contribution in [0.15, 0.2) is 59.3 Å². The van der Waals surface area contributed by atoms with Crippen LogP contribution in [0, 0.1) is 5.82 Å². The molecule has 0 atom stereocenters. The molecule has 0 aliphatic rings. The Kier molecular flexibility index (Phi) is 2.94. The molecule has 108 valence electrons. The smallest absolute Gasteiger partial charge is 0.146 e. The Morgan fingerprint density at radius 3 is 2.59 bits per heavy atom. The number of thiophene rings is 1. The molecule has 4 aromatic rings. The molecule has 3 nitrogen and oxygen atoms in total. The fourth-order valence-corrected chi connectivity index (χ4v) is 3.13. The Morgan fingerprint density at radius 1 is 1.05 bits per heavy atom. The van der Waals surface area contributed by atoms with Crippen molar-refractivity contribution in [2.24, 2.45) is 0 Å². The van der Waals surface area contributed by atoms with E-state index >= 15 is 0 Å². The molecular weight excluding hydrogens is 299 g/mol. The molecule has 0 saturated carbocycles. The Balaban J connectivity index is 2.06. The molecule has 0 radical (unpaired) electrons. The van der Waals surface area contributed by atoms with Gasteiger partial charge in [-0.3, -0.25) is 4.57 Å². The van der Waals surface area contributed by atoms with Gasteiger partial charge in [-0.2, -0.15) is 11.3 Å². The highest BCUT2D eigenvalue weighted by atomic mass is 32.1. The summed E-state index contributed by atoms with van der Waals surface area (Å²) in [6.07, 6.45) is 0. The Hall–Kier alpha value is -2.66. The predicted octanol–water partition coefficient (Wildman–Crippen LogP) is 4.60. The number of hydrogen-bond acceptors (Lipinski definition) is 3. The molecule has 0 fully saturated rings. The Labute approximate surface area is 129 Å². The highest BCUT2D eigenvalue weighted by Crippen LogP contribution is 2.31. The van der Waals surface area contributed by atoms with Crippen LogP contribution in [-0.4, -0.2) is 14.7 Å². The topological polar surface area (TPSA) is 38.1 Å². The number of rotatable bonds is 2. The lowest BCUT2D eigenvalue weighted by Crippen LogP contribution is -1.97. The quantitative estimate of drug-likeness (QED) is 0.587. The van der Waals surface area contributed by atoms with Gasteiger partial charge in [0.2, 0.25) is 0 Å². The molecule has 2 aromatic carbocycles. The fraction of sp³-hybridized carbons (Fsp3) is 0. The summed E-state index contributed by atoms with van der Waals surface area (Å²) in [5.41, 5.74) is 3.36. The first kappa shape index (κ1) is 13.0. The molecular formula is C17H11FN2OS. The predicted molar refractivity (Wildman–Crippen MR) is 86.0 cm³/mol. The van der Waals surface area contributed by atoms with Gasteiger partial charge in [-0.05, 0) is 47.8 Å². The zero-order valence-corrected chi connectivity index (χ0v) is 12.2. The molecule has 22 heavy (non-hydrogen) atoms. The number of aromatic hydroxyl groups is 1. The summed E-state index contributed by atoms with van der Waals surface area (Å²) in [4.78, 5) is 4.66. The third-order valence-corrected chi connectivity index (χ3v) is 4.19. The highest BCUT2D eigenvalue weighted by molar-refractivity contribution is 7.08. The maximum Gasteiger partial charge on any atom is 0.146 e. The van der Waals surface area contributed by atoms with Crippen LogP contribution in [0.5, 0.6) is 5.75 Å². The lowest BCUT2D eigenvalue weighted by molar-refractivity contribution is 0.476. The average molecular weight is 310 g/mol. The van der Waals surface area contributed by atoms with Crippen LogP contribution < -0.4 is 0 Å². The van der Waals surface area contributed by atoms with Crippen molar-refractivity contribution in [1.29, 1.82) is 0 Å². The van der Waals surface area contributed by atoms with E-state index < -0.39 is 0 Å². The van der Waals surface area contributed by atoms with E-state index in [4.69, 9.17) is 0 Å². The second-order valence-electron chi connectivity index (χ2n) is 4.93. The minimum atomic E-state index is -0.284. The summed E-state index contributed by atoms with van der Waals surface area (Å²) in [6, 6.07) is 13.3. The van der Waals surface area contributed by atoms with Crippen LogP contribution in [0.1, 0.15) is 0 Å². The minimum Gasteiger partial charge on any atom is -0.508 e. The van der Waals surface area contributed by atoms with Gasteiger partial charge in [0, 0.05) is 22.7 Å². The van der Waals surface area contributed by atoms with E-state index in [1.807, 2.05) is 21.4 Å². The van der Waals surface area contributed by atoms with E-state index in [2.05, 4.69) is 4.98 Å². The van der Waals surface area contributed by atoms with E-state index in [-0.39, 0.29) is 11.6 Å². The summed E-state index contributed by atoms with van der Waals surface area (Å²) >= 11 is 1.59. The Morgan fingerprint density at radius 2 is 1.86 bits per heavy atom. The van der Waals surface area contributed by atoms with Gasteiger partial charge in [-0.25, -0.2) is 9.37 Å². The average Bonchev–Trinajstić information content (AvgIpc) is 3.15. The third kappa shape index (κ3) is 2.07. The molecule has 1 N–H and O–H groups in total. The molecule has 0 spiro atoms. The number of phenols is 1. The van der Waals surface area contributed by atoms with Gasteiger partial charge in [-0.1, -0.05) is 0 Å². The molecule has 0 unspecified atom stereocenters. The maximum atomic E-state index is 13.2. The van der Waals surface area contributed by atoms with Crippen LogP contribution in [0.3, 0.4) is 0 Å². The van der Waals surface area contributed by atoms with Gasteiger partial charge < -0.3 is 5.11 Å². The number of imidazole rings is 1. The van der Waals surface area contributed by atoms with Crippen molar-refractivity contribution in [2.75, 3.05) is 0 Å². The van der Waals surface area contributed by atoms with Crippen molar-refractivity contribution < 1.29 is 9.50 Å². The van der Waals surface area contributed by atoms with E-state index in [0.717, 1.165) is 28.1 Å². The molecule has 0 amide bonds. The van der Waals surface area contributed by atoms with Crippen molar-refractivity contribution in [3.8, 4) is 22.8 Å². The first-order chi connectivity index (χ1) is 10.7. The minimum absolute atomic E-state index is 0.174. The van der Waals surface area contributed by atoms with Gasteiger partial charge in [0.15, 0.2) is 0 Å². The van der Waals surface area contributed by atoms with Gasteiger partial charge in [0.1, 0.15) is 17.4 Å². The standard InChI is InChI=1S/C17H11FN2OS/c18-12-1-3-13(4-2-12)20-16-9-14(21)5-6-15(16)19-17(20)11-7-8-22-10-11/h1-10,21H.